The molecule has 1 aromatic rings. The summed E-state index contributed by atoms with van der Waals surface area (Å²) >= 11 is 3.79. The lowest BCUT2D eigenvalue weighted by molar-refractivity contribution is 0.109. The first kappa shape index (κ1) is 12.3. The van der Waals surface area contributed by atoms with Crippen LogP contribution >= 0.6 is 12.6 Å². The highest BCUT2D eigenvalue weighted by Crippen LogP contribution is 2.20. The van der Waals surface area contributed by atoms with Gasteiger partial charge >= 0.3 is 0 Å². The molecule has 82 valence electrons. The van der Waals surface area contributed by atoms with Gasteiger partial charge in [-0.15, -0.1) is 12.6 Å². The number of thiol groups is 1. The van der Waals surface area contributed by atoms with Crippen molar-refractivity contribution in [3.8, 4) is 0 Å². The molecular weight excluding hydrogens is 222 g/mol. The molecule has 0 spiro atoms. The maximum atomic E-state index is 11.0. The molecule has 0 atom stereocenters. The molecular formula is C11H17NOSSi. The van der Waals surface area contributed by atoms with Crippen molar-refractivity contribution in [2.75, 3.05) is 11.6 Å². The average molecular weight is 239 g/mol. The van der Waals surface area contributed by atoms with E-state index in [-0.39, 0.29) is 5.12 Å². The molecule has 0 radical (unpaired) electrons. The molecule has 0 saturated heterocycles. The van der Waals surface area contributed by atoms with Gasteiger partial charge in [0.1, 0.15) is 8.24 Å². The molecule has 0 unspecified atom stereocenters. The second-order valence-corrected chi connectivity index (χ2v) is 10.0. The van der Waals surface area contributed by atoms with Crippen LogP contribution in [0, 0.1) is 0 Å². The van der Waals surface area contributed by atoms with E-state index in [1.807, 2.05) is 24.3 Å². The van der Waals surface area contributed by atoms with Crippen molar-refractivity contribution < 1.29 is 4.79 Å². The largest absolute Gasteiger partial charge is 0.401 e. The second-order valence-electron chi connectivity index (χ2n) is 4.58. The highest BCUT2D eigenvalue weighted by atomic mass is 32.1. The fourth-order valence-electron chi connectivity index (χ4n) is 1.21. The zero-order valence-electron chi connectivity index (χ0n) is 9.61. The third kappa shape index (κ3) is 3.11. The van der Waals surface area contributed by atoms with Gasteiger partial charge in [0.15, 0.2) is 0 Å². The number of hydrogen-bond acceptors (Lipinski definition) is 2. The van der Waals surface area contributed by atoms with Gasteiger partial charge in [-0.3, -0.25) is 4.79 Å². The number of anilines is 1. The van der Waals surface area contributed by atoms with Gasteiger partial charge in [-0.1, -0.05) is 19.6 Å². The van der Waals surface area contributed by atoms with E-state index in [1.54, 1.807) is 0 Å². The fourth-order valence-corrected chi connectivity index (χ4v) is 2.29. The van der Waals surface area contributed by atoms with Crippen LogP contribution in [-0.4, -0.2) is 20.4 Å². The Balaban J connectivity index is 2.94. The molecule has 0 bridgehead atoms. The highest BCUT2D eigenvalue weighted by Gasteiger charge is 2.20. The lowest BCUT2D eigenvalue weighted by Gasteiger charge is -2.32. The van der Waals surface area contributed by atoms with E-state index in [0.29, 0.717) is 5.56 Å². The van der Waals surface area contributed by atoms with Crippen LogP contribution < -0.4 is 4.57 Å². The molecule has 0 N–H and O–H groups in total. The van der Waals surface area contributed by atoms with Gasteiger partial charge in [-0.2, -0.15) is 0 Å². The lowest BCUT2D eigenvalue weighted by atomic mass is 10.2. The summed E-state index contributed by atoms with van der Waals surface area (Å²) in [5, 5.41) is -0.183. The van der Waals surface area contributed by atoms with Crippen molar-refractivity contribution in [2.45, 2.75) is 19.6 Å². The Morgan fingerprint density at radius 2 is 1.67 bits per heavy atom. The summed E-state index contributed by atoms with van der Waals surface area (Å²) < 4.78 is 2.31. The molecule has 1 aromatic carbocycles. The van der Waals surface area contributed by atoms with Crippen LogP contribution in [0.4, 0.5) is 5.69 Å². The molecule has 0 aliphatic carbocycles. The average Bonchev–Trinajstić information content (AvgIpc) is 2.15. The van der Waals surface area contributed by atoms with Gasteiger partial charge in [0.2, 0.25) is 5.12 Å². The normalized spacial score (nSPS) is 11.3. The second kappa shape index (κ2) is 4.41. The lowest BCUT2D eigenvalue weighted by Crippen LogP contribution is -2.43. The Kier molecular flexibility index (Phi) is 3.62. The highest BCUT2D eigenvalue weighted by molar-refractivity contribution is 7.97. The van der Waals surface area contributed by atoms with Crippen LogP contribution in [0.1, 0.15) is 10.4 Å². The minimum Gasteiger partial charge on any atom is -0.401 e. The molecule has 0 heterocycles. The summed E-state index contributed by atoms with van der Waals surface area (Å²) in [6, 6.07) is 7.59. The zero-order chi connectivity index (χ0) is 11.6. The van der Waals surface area contributed by atoms with Gasteiger partial charge in [0.25, 0.3) is 0 Å². The molecule has 4 heteroatoms. The van der Waals surface area contributed by atoms with Crippen LogP contribution in [0.2, 0.25) is 19.6 Å². The van der Waals surface area contributed by atoms with E-state index in [4.69, 9.17) is 0 Å². The predicted molar refractivity (Wildman–Crippen MR) is 71.5 cm³/mol. The SMILES string of the molecule is CN(c1ccc(C(=O)S)cc1)[Si](C)(C)C. The minimum atomic E-state index is -1.32. The first-order valence-electron chi connectivity index (χ1n) is 4.89. The van der Waals surface area contributed by atoms with Gasteiger partial charge in [-0.25, -0.2) is 0 Å². The molecule has 0 amide bonds. The number of carbonyl (C=O) groups excluding carboxylic acids is 1. The molecule has 0 aromatic heterocycles. The van der Waals surface area contributed by atoms with Crippen LogP contribution in [0.25, 0.3) is 0 Å². The summed E-state index contributed by atoms with van der Waals surface area (Å²) in [5.74, 6) is 0. The van der Waals surface area contributed by atoms with Gasteiger partial charge in [0.05, 0.1) is 0 Å². The van der Waals surface area contributed by atoms with E-state index in [2.05, 4.69) is 43.9 Å². The van der Waals surface area contributed by atoms with Crippen molar-refractivity contribution in [1.82, 2.24) is 0 Å². The van der Waals surface area contributed by atoms with E-state index in [1.165, 1.54) is 0 Å². The fraction of sp³-hybridized carbons (Fsp3) is 0.364. The van der Waals surface area contributed by atoms with Crippen molar-refractivity contribution in [1.29, 1.82) is 0 Å². The van der Waals surface area contributed by atoms with Crippen molar-refractivity contribution in [3.63, 3.8) is 0 Å². The summed E-state index contributed by atoms with van der Waals surface area (Å²) in [7, 11) is 0.784. The molecule has 0 aliphatic heterocycles. The molecule has 1 rings (SSSR count). The summed E-state index contributed by atoms with van der Waals surface area (Å²) in [5.41, 5.74) is 1.80. The standard InChI is InChI=1S/C11H17NOSSi/c1-12(15(2,3)4)10-7-5-9(6-8-10)11(13)14/h5-8H,1-4H3,(H,13,14). The third-order valence-corrected chi connectivity index (χ3v) is 5.04. The summed E-state index contributed by atoms with van der Waals surface area (Å²) in [6.07, 6.45) is 0. The molecule has 2 nitrogen and oxygen atoms in total. The Labute approximate surface area is 97.8 Å². The van der Waals surface area contributed by atoms with Crippen molar-refractivity contribution in [2.24, 2.45) is 0 Å². The maximum absolute atomic E-state index is 11.0. The topological polar surface area (TPSA) is 20.3 Å². The molecule has 0 fully saturated rings. The Bertz CT molecular complexity index is 356. The Hall–Kier alpha value is -0.743. The predicted octanol–water partition coefficient (Wildman–Crippen LogP) is 3.03. The van der Waals surface area contributed by atoms with E-state index in [9.17, 15) is 4.79 Å². The number of rotatable bonds is 3. The quantitative estimate of drug-likeness (QED) is 0.646. The van der Waals surface area contributed by atoms with Crippen molar-refractivity contribution in [3.05, 3.63) is 29.8 Å². The van der Waals surface area contributed by atoms with Crippen LogP contribution in [0.3, 0.4) is 0 Å². The monoisotopic (exact) mass is 239 g/mol. The molecule has 0 saturated carbocycles. The van der Waals surface area contributed by atoms with Crippen LogP contribution in [-0.2, 0) is 0 Å². The third-order valence-electron chi connectivity index (χ3n) is 2.51. The number of carbonyl (C=O) groups is 1. The van der Waals surface area contributed by atoms with Gasteiger partial charge < -0.3 is 4.57 Å². The molecule has 15 heavy (non-hydrogen) atoms. The summed E-state index contributed by atoms with van der Waals surface area (Å²) in [6.45, 7) is 6.85. The maximum Gasteiger partial charge on any atom is 0.216 e. The van der Waals surface area contributed by atoms with Gasteiger partial charge in [-0.05, 0) is 31.3 Å². The minimum absolute atomic E-state index is 0.183. The first-order chi connectivity index (χ1) is 6.82. The van der Waals surface area contributed by atoms with Crippen molar-refractivity contribution >= 4 is 31.7 Å². The van der Waals surface area contributed by atoms with Gasteiger partial charge in [0, 0.05) is 11.3 Å². The van der Waals surface area contributed by atoms with E-state index in [0.717, 1.165) is 5.69 Å². The number of hydrogen-bond donors (Lipinski definition) is 1. The smallest absolute Gasteiger partial charge is 0.216 e. The van der Waals surface area contributed by atoms with Crippen LogP contribution in [0.5, 0.6) is 0 Å². The Morgan fingerprint density at radius 3 is 2.00 bits per heavy atom. The van der Waals surface area contributed by atoms with E-state index >= 15 is 0 Å². The van der Waals surface area contributed by atoms with E-state index < -0.39 is 8.24 Å². The molecule has 0 aliphatic rings. The zero-order valence-corrected chi connectivity index (χ0v) is 11.5. The first-order valence-corrected chi connectivity index (χ1v) is 8.79. The number of benzene rings is 1. The summed E-state index contributed by atoms with van der Waals surface area (Å²) in [4.78, 5) is 11.0. The van der Waals surface area contributed by atoms with Crippen LogP contribution in [0.15, 0.2) is 24.3 Å². The number of nitrogens with zero attached hydrogens (tertiary/aromatic N) is 1. The Morgan fingerprint density at radius 1 is 1.20 bits per heavy atom.